The molecule has 3 nitrogen and oxygen atoms in total. The lowest BCUT2D eigenvalue weighted by Crippen LogP contribution is -2.18. The fourth-order valence-corrected chi connectivity index (χ4v) is 2.21. The normalized spacial score (nSPS) is 32.5. The smallest absolute Gasteiger partial charge is 0.325 e. The lowest BCUT2D eigenvalue weighted by Gasteiger charge is -2.07. The quantitative estimate of drug-likeness (QED) is 0.511. The van der Waals surface area contributed by atoms with Crippen molar-refractivity contribution < 1.29 is 18.7 Å². The minimum atomic E-state index is -0.801. The number of benzene rings is 1. The van der Waals surface area contributed by atoms with Crippen molar-refractivity contribution in [1.82, 2.24) is 0 Å². The highest BCUT2D eigenvalue weighted by Crippen LogP contribution is 2.59. The molecule has 1 saturated heterocycles. The second kappa shape index (κ2) is 2.45. The zero-order valence-corrected chi connectivity index (χ0v) is 7.70. The number of carbonyl (C=O) groups is 2. The number of cyclic esters (lactones) is 2. The average Bonchev–Trinajstić information content (AvgIpc) is 2.90. The topological polar surface area (TPSA) is 43.4 Å². The molecule has 0 aromatic heterocycles. The van der Waals surface area contributed by atoms with Gasteiger partial charge in [-0.05, 0) is 24.1 Å². The van der Waals surface area contributed by atoms with E-state index in [1.54, 1.807) is 0 Å². The summed E-state index contributed by atoms with van der Waals surface area (Å²) in [6.45, 7) is 0. The van der Waals surface area contributed by atoms with Gasteiger partial charge in [-0.2, -0.15) is 0 Å². The van der Waals surface area contributed by atoms with Gasteiger partial charge >= 0.3 is 11.9 Å². The summed E-state index contributed by atoms with van der Waals surface area (Å²) < 4.78 is 17.2. The predicted molar refractivity (Wildman–Crippen MR) is 47.3 cm³/mol. The first-order chi connectivity index (χ1) is 7.14. The maximum absolute atomic E-state index is 12.7. The molecule has 2 unspecified atom stereocenters. The summed E-state index contributed by atoms with van der Waals surface area (Å²) in [6, 6.07) is 5.65. The number of carbonyl (C=O) groups excluding carboxylic acids is 2. The summed E-state index contributed by atoms with van der Waals surface area (Å²) >= 11 is 0. The second-order valence-electron chi connectivity index (χ2n) is 3.94. The number of esters is 2. The van der Waals surface area contributed by atoms with Crippen LogP contribution in [0, 0.1) is 11.7 Å². The lowest BCUT2D eigenvalue weighted by atomic mass is 9.95. The van der Waals surface area contributed by atoms with Crippen LogP contribution in [0.25, 0.3) is 0 Å². The van der Waals surface area contributed by atoms with Crippen LogP contribution in [0.2, 0.25) is 0 Å². The zero-order valence-electron chi connectivity index (χ0n) is 7.70. The maximum atomic E-state index is 12.7. The van der Waals surface area contributed by atoms with Gasteiger partial charge in [0.1, 0.15) is 11.2 Å². The molecule has 1 saturated carbocycles. The molecule has 1 aliphatic heterocycles. The van der Waals surface area contributed by atoms with Crippen LogP contribution >= 0.6 is 0 Å². The monoisotopic (exact) mass is 206 g/mol. The molecule has 0 radical (unpaired) electrons. The van der Waals surface area contributed by atoms with Crippen molar-refractivity contribution in [3.05, 3.63) is 35.6 Å². The van der Waals surface area contributed by atoms with Gasteiger partial charge in [0.05, 0.1) is 5.92 Å². The Hall–Kier alpha value is -1.71. The Labute approximate surface area is 84.8 Å². The minimum absolute atomic E-state index is 0.351. The van der Waals surface area contributed by atoms with Gasteiger partial charge in [-0.15, -0.1) is 0 Å². The van der Waals surface area contributed by atoms with Crippen LogP contribution in [-0.2, 0) is 19.7 Å². The van der Waals surface area contributed by atoms with E-state index in [0.29, 0.717) is 12.0 Å². The molecule has 2 atom stereocenters. The minimum Gasteiger partial charge on any atom is -0.392 e. The first-order valence-electron chi connectivity index (χ1n) is 4.67. The third-order valence-electron chi connectivity index (χ3n) is 3.16. The maximum Gasteiger partial charge on any atom is 0.325 e. The Morgan fingerprint density at radius 2 is 1.93 bits per heavy atom. The van der Waals surface area contributed by atoms with Crippen LogP contribution in [0.5, 0.6) is 0 Å². The van der Waals surface area contributed by atoms with Crippen LogP contribution in [0.4, 0.5) is 4.39 Å². The fourth-order valence-electron chi connectivity index (χ4n) is 2.21. The van der Waals surface area contributed by atoms with Crippen LogP contribution in [0.3, 0.4) is 0 Å². The number of hydrogen-bond acceptors (Lipinski definition) is 3. The van der Waals surface area contributed by atoms with Gasteiger partial charge < -0.3 is 4.74 Å². The summed E-state index contributed by atoms with van der Waals surface area (Å²) in [7, 11) is 0. The Morgan fingerprint density at radius 3 is 2.40 bits per heavy atom. The van der Waals surface area contributed by atoms with Crippen LogP contribution in [-0.4, -0.2) is 11.9 Å². The van der Waals surface area contributed by atoms with Crippen molar-refractivity contribution in [2.45, 2.75) is 11.8 Å². The molecule has 1 aromatic rings. The summed E-state index contributed by atoms with van der Waals surface area (Å²) in [5.74, 6) is -1.66. The zero-order chi connectivity index (χ0) is 10.6. The van der Waals surface area contributed by atoms with Gasteiger partial charge in [0.2, 0.25) is 0 Å². The first kappa shape index (κ1) is 8.59. The SMILES string of the molecule is O=C1OC(=O)C2(c3ccc(F)cc3)CC12. The van der Waals surface area contributed by atoms with Gasteiger partial charge in [-0.25, -0.2) is 4.39 Å². The number of ether oxygens (including phenoxy) is 1. The molecule has 2 aliphatic rings. The third-order valence-corrected chi connectivity index (χ3v) is 3.16. The molecular formula is C11H7FO3. The molecule has 4 heteroatoms. The van der Waals surface area contributed by atoms with E-state index in [9.17, 15) is 14.0 Å². The largest absolute Gasteiger partial charge is 0.392 e. The van der Waals surface area contributed by atoms with Crippen molar-refractivity contribution in [2.75, 3.05) is 0 Å². The lowest BCUT2D eigenvalue weighted by molar-refractivity contribution is -0.155. The number of rotatable bonds is 1. The molecular weight excluding hydrogens is 199 g/mol. The standard InChI is InChI=1S/C11H7FO3/c12-7-3-1-6(2-4-7)11-5-8(11)9(13)15-10(11)14/h1-4,8H,5H2. The summed E-state index contributed by atoms with van der Waals surface area (Å²) in [5, 5.41) is 0. The van der Waals surface area contributed by atoms with Gasteiger partial charge in [-0.1, -0.05) is 12.1 Å². The molecule has 1 aromatic carbocycles. The molecule has 1 heterocycles. The van der Waals surface area contributed by atoms with Crippen molar-refractivity contribution in [1.29, 1.82) is 0 Å². The Balaban J connectivity index is 2.06. The van der Waals surface area contributed by atoms with Gasteiger partial charge in [-0.3, -0.25) is 9.59 Å². The Morgan fingerprint density at radius 1 is 1.27 bits per heavy atom. The summed E-state index contributed by atoms with van der Waals surface area (Å²) in [5.41, 5.74) is -0.130. The van der Waals surface area contributed by atoms with Crippen LogP contribution in [0.15, 0.2) is 24.3 Å². The van der Waals surface area contributed by atoms with Crippen LogP contribution < -0.4 is 0 Å². The number of halogens is 1. The van der Waals surface area contributed by atoms with E-state index >= 15 is 0 Å². The highest BCUT2D eigenvalue weighted by Gasteiger charge is 2.71. The van der Waals surface area contributed by atoms with E-state index < -0.39 is 17.4 Å². The molecule has 76 valence electrons. The molecule has 1 aliphatic carbocycles. The van der Waals surface area contributed by atoms with Gasteiger partial charge in [0.25, 0.3) is 0 Å². The molecule has 0 spiro atoms. The average molecular weight is 206 g/mol. The summed E-state index contributed by atoms with van der Waals surface area (Å²) in [4.78, 5) is 22.7. The van der Waals surface area contributed by atoms with Crippen molar-refractivity contribution >= 4 is 11.9 Å². The van der Waals surface area contributed by atoms with E-state index in [-0.39, 0.29) is 11.7 Å². The van der Waals surface area contributed by atoms with E-state index in [2.05, 4.69) is 4.74 Å². The first-order valence-corrected chi connectivity index (χ1v) is 4.67. The van der Waals surface area contributed by atoms with E-state index in [4.69, 9.17) is 0 Å². The van der Waals surface area contributed by atoms with Crippen molar-refractivity contribution in [3.63, 3.8) is 0 Å². The fraction of sp³-hybridized carbons (Fsp3) is 0.273. The molecule has 3 rings (SSSR count). The number of fused-ring (bicyclic) bond motifs is 1. The molecule has 15 heavy (non-hydrogen) atoms. The molecule has 0 amide bonds. The van der Waals surface area contributed by atoms with E-state index in [1.807, 2.05) is 0 Å². The third kappa shape index (κ3) is 0.936. The Kier molecular flexibility index (Phi) is 1.40. The Bertz CT molecular complexity index is 465. The molecule has 2 fully saturated rings. The van der Waals surface area contributed by atoms with Gasteiger partial charge in [0, 0.05) is 0 Å². The highest BCUT2D eigenvalue weighted by molar-refractivity contribution is 6.07. The van der Waals surface area contributed by atoms with Gasteiger partial charge in [0.15, 0.2) is 0 Å². The summed E-state index contributed by atoms with van der Waals surface area (Å²) in [6.07, 6.45) is 0.496. The molecule has 0 bridgehead atoms. The second-order valence-corrected chi connectivity index (χ2v) is 3.94. The predicted octanol–water partition coefficient (Wildman–Crippen LogP) is 1.17. The van der Waals surface area contributed by atoms with Crippen molar-refractivity contribution in [2.24, 2.45) is 5.92 Å². The van der Waals surface area contributed by atoms with E-state index in [0.717, 1.165) is 0 Å². The highest BCUT2D eigenvalue weighted by atomic mass is 19.1. The van der Waals surface area contributed by atoms with E-state index in [1.165, 1.54) is 24.3 Å². The molecule has 0 N–H and O–H groups in total. The van der Waals surface area contributed by atoms with Crippen LogP contribution in [0.1, 0.15) is 12.0 Å². The number of hydrogen-bond donors (Lipinski definition) is 0. The van der Waals surface area contributed by atoms with Crippen molar-refractivity contribution in [3.8, 4) is 0 Å².